The van der Waals surface area contributed by atoms with Crippen LogP contribution in [-0.4, -0.2) is 63.8 Å². The van der Waals surface area contributed by atoms with E-state index in [1.54, 1.807) is 24.1 Å². The molecule has 9 nitrogen and oxygen atoms in total. The molecule has 32 heavy (non-hydrogen) atoms. The summed E-state index contributed by atoms with van der Waals surface area (Å²) >= 11 is 0. The van der Waals surface area contributed by atoms with Crippen molar-refractivity contribution in [1.29, 1.82) is 5.26 Å². The normalized spacial score (nSPS) is 13.7. The Balaban J connectivity index is 1.50. The van der Waals surface area contributed by atoms with Gasteiger partial charge in [-0.15, -0.1) is 0 Å². The highest BCUT2D eigenvalue weighted by Crippen LogP contribution is 2.32. The van der Waals surface area contributed by atoms with Crippen LogP contribution in [0.2, 0.25) is 0 Å². The maximum atomic E-state index is 12.8. The molecule has 0 atom stereocenters. The fourth-order valence-corrected chi connectivity index (χ4v) is 3.97. The van der Waals surface area contributed by atoms with Gasteiger partial charge in [0.15, 0.2) is 0 Å². The molecule has 2 aromatic heterocycles. The molecule has 0 spiro atoms. The molecule has 1 aromatic carbocycles. The molecule has 0 aliphatic carbocycles. The monoisotopic (exact) mass is 430 g/mol. The van der Waals surface area contributed by atoms with Crippen molar-refractivity contribution in [3.63, 3.8) is 0 Å². The zero-order valence-corrected chi connectivity index (χ0v) is 18.5. The second kappa shape index (κ2) is 9.06. The van der Waals surface area contributed by atoms with E-state index < -0.39 is 0 Å². The van der Waals surface area contributed by atoms with Crippen molar-refractivity contribution < 1.29 is 4.79 Å². The summed E-state index contributed by atoms with van der Waals surface area (Å²) in [5.41, 5.74) is 5.26. The van der Waals surface area contributed by atoms with Crippen LogP contribution in [0.1, 0.15) is 17.0 Å². The fourth-order valence-electron chi connectivity index (χ4n) is 3.97. The van der Waals surface area contributed by atoms with Crippen LogP contribution in [0.4, 0.5) is 11.6 Å². The van der Waals surface area contributed by atoms with Crippen LogP contribution in [0.5, 0.6) is 0 Å². The summed E-state index contributed by atoms with van der Waals surface area (Å²) in [7, 11) is 1.77. The van der Waals surface area contributed by atoms with Crippen LogP contribution in [0.25, 0.3) is 11.1 Å². The minimum absolute atomic E-state index is 0.0759. The number of nitrogens with zero attached hydrogens (tertiary/aromatic N) is 7. The number of carbonyl (C=O) groups is 1. The highest BCUT2D eigenvalue weighted by molar-refractivity contribution is 5.80. The molecule has 1 amide bonds. The van der Waals surface area contributed by atoms with Crippen LogP contribution in [0.15, 0.2) is 36.7 Å². The van der Waals surface area contributed by atoms with Gasteiger partial charge in [0.1, 0.15) is 6.54 Å². The van der Waals surface area contributed by atoms with Gasteiger partial charge in [0.05, 0.1) is 17.3 Å². The molecule has 1 fully saturated rings. The minimum Gasteiger partial charge on any atom is -0.367 e. The second-order valence-electron chi connectivity index (χ2n) is 7.84. The van der Waals surface area contributed by atoms with Crippen molar-refractivity contribution >= 4 is 17.5 Å². The van der Waals surface area contributed by atoms with Crippen molar-refractivity contribution in [2.24, 2.45) is 0 Å². The summed E-state index contributed by atoms with van der Waals surface area (Å²) in [6.07, 6.45) is 3.51. The number of piperazine rings is 1. The third-order valence-corrected chi connectivity index (χ3v) is 5.67. The largest absolute Gasteiger partial charge is 0.367 e. The third-order valence-electron chi connectivity index (χ3n) is 5.67. The molecular formula is C23H26N8O. The average molecular weight is 431 g/mol. The molecular weight excluding hydrogens is 404 g/mol. The van der Waals surface area contributed by atoms with Gasteiger partial charge in [-0.3, -0.25) is 9.48 Å². The summed E-state index contributed by atoms with van der Waals surface area (Å²) in [5.74, 6) is 0.619. The molecule has 1 aliphatic rings. The summed E-state index contributed by atoms with van der Waals surface area (Å²) in [6, 6.07) is 9.84. The van der Waals surface area contributed by atoms with Gasteiger partial charge in [0.25, 0.3) is 0 Å². The van der Waals surface area contributed by atoms with Crippen LogP contribution < -0.4 is 10.2 Å². The summed E-state index contributed by atoms with van der Waals surface area (Å²) in [4.78, 5) is 25.6. The molecule has 0 bridgehead atoms. The van der Waals surface area contributed by atoms with Gasteiger partial charge in [-0.1, -0.05) is 0 Å². The number of nitriles is 1. The van der Waals surface area contributed by atoms with E-state index in [1.165, 1.54) is 0 Å². The number of hydrogen-bond donors (Lipinski definition) is 1. The lowest BCUT2D eigenvalue weighted by Crippen LogP contribution is -2.49. The Labute approximate surface area is 187 Å². The Hall–Kier alpha value is -3.93. The third kappa shape index (κ3) is 4.39. The molecule has 164 valence electrons. The summed E-state index contributed by atoms with van der Waals surface area (Å²) < 4.78 is 1.76. The zero-order chi connectivity index (χ0) is 22.7. The lowest BCUT2D eigenvalue weighted by molar-refractivity contribution is -0.132. The summed E-state index contributed by atoms with van der Waals surface area (Å²) in [6.45, 7) is 6.83. The number of hydrogen-bond acceptors (Lipinski definition) is 7. The molecule has 3 heterocycles. The number of rotatable bonds is 5. The van der Waals surface area contributed by atoms with Crippen molar-refractivity contribution in [2.75, 3.05) is 43.4 Å². The number of carbonyl (C=O) groups excluding carboxylic acids is 1. The molecule has 1 aliphatic heterocycles. The molecule has 1 saturated heterocycles. The first-order valence-electron chi connectivity index (χ1n) is 10.6. The number of anilines is 2. The Kier molecular flexibility index (Phi) is 6.03. The minimum atomic E-state index is 0.0759. The van der Waals surface area contributed by atoms with Crippen molar-refractivity contribution in [2.45, 2.75) is 20.4 Å². The number of benzene rings is 1. The number of nitrogens with one attached hydrogen (secondary N) is 1. The molecule has 4 rings (SSSR count). The Morgan fingerprint density at radius 2 is 1.84 bits per heavy atom. The first kappa shape index (κ1) is 21.3. The molecule has 0 radical (unpaired) electrons. The first-order valence-corrected chi connectivity index (χ1v) is 10.6. The molecule has 1 N–H and O–H groups in total. The van der Waals surface area contributed by atoms with Gasteiger partial charge in [-0.05, 0) is 38.1 Å². The van der Waals surface area contributed by atoms with E-state index in [0.717, 1.165) is 28.2 Å². The van der Waals surface area contributed by atoms with E-state index in [0.29, 0.717) is 37.7 Å². The highest BCUT2D eigenvalue weighted by Gasteiger charge is 2.24. The van der Waals surface area contributed by atoms with Crippen molar-refractivity contribution in [3.8, 4) is 17.2 Å². The van der Waals surface area contributed by atoms with E-state index in [4.69, 9.17) is 0 Å². The lowest BCUT2D eigenvalue weighted by Gasteiger charge is -2.37. The maximum absolute atomic E-state index is 12.8. The molecule has 9 heteroatoms. The second-order valence-corrected chi connectivity index (χ2v) is 7.84. The van der Waals surface area contributed by atoms with E-state index in [1.807, 2.05) is 43.0 Å². The maximum Gasteiger partial charge on any atom is 0.244 e. The topological polar surface area (TPSA) is 103 Å². The first-order chi connectivity index (χ1) is 15.5. The van der Waals surface area contributed by atoms with E-state index in [2.05, 4.69) is 31.4 Å². The van der Waals surface area contributed by atoms with E-state index >= 15 is 0 Å². The molecule has 0 unspecified atom stereocenters. The number of aryl methyl sites for hydroxylation is 2. The van der Waals surface area contributed by atoms with E-state index in [-0.39, 0.29) is 12.5 Å². The Morgan fingerprint density at radius 1 is 1.12 bits per heavy atom. The molecule has 3 aromatic rings. The SMILES string of the molecule is CNc1ncc(-c2cc(C#N)ccc2N2CCN(C(=O)Cn3nc(C)cc3C)CC2)cn1. The van der Waals surface area contributed by atoms with Crippen LogP contribution in [0, 0.1) is 25.2 Å². The van der Waals surface area contributed by atoms with Gasteiger partial charge >= 0.3 is 0 Å². The lowest BCUT2D eigenvalue weighted by atomic mass is 10.0. The summed E-state index contributed by atoms with van der Waals surface area (Å²) in [5, 5.41) is 16.7. The predicted octanol–water partition coefficient (Wildman–Crippen LogP) is 2.22. The fraction of sp³-hybridized carbons (Fsp3) is 0.348. The van der Waals surface area contributed by atoms with Crippen LogP contribution in [-0.2, 0) is 11.3 Å². The van der Waals surface area contributed by atoms with Gasteiger partial charge < -0.3 is 15.1 Å². The quantitative estimate of drug-likeness (QED) is 0.662. The van der Waals surface area contributed by atoms with Gasteiger partial charge in [-0.2, -0.15) is 10.4 Å². The van der Waals surface area contributed by atoms with Gasteiger partial charge in [0.2, 0.25) is 11.9 Å². The highest BCUT2D eigenvalue weighted by atomic mass is 16.2. The van der Waals surface area contributed by atoms with E-state index in [9.17, 15) is 10.1 Å². The van der Waals surface area contributed by atoms with Gasteiger partial charge in [0, 0.05) is 68.1 Å². The van der Waals surface area contributed by atoms with Gasteiger partial charge in [-0.25, -0.2) is 9.97 Å². The van der Waals surface area contributed by atoms with Crippen LogP contribution in [0.3, 0.4) is 0 Å². The van der Waals surface area contributed by atoms with Crippen LogP contribution >= 0.6 is 0 Å². The Morgan fingerprint density at radius 3 is 2.44 bits per heavy atom. The van der Waals surface area contributed by atoms with Crippen molar-refractivity contribution in [3.05, 3.63) is 53.6 Å². The Bertz CT molecular complexity index is 1150. The average Bonchev–Trinajstić information content (AvgIpc) is 3.15. The zero-order valence-electron chi connectivity index (χ0n) is 18.5. The van der Waals surface area contributed by atoms with Crippen molar-refractivity contribution in [1.82, 2.24) is 24.6 Å². The number of aromatic nitrogens is 4. The standard InChI is InChI=1S/C23H26N8O/c1-16-10-17(2)31(28-16)15-22(32)30-8-6-29(7-9-30)21-5-4-18(12-24)11-20(21)19-13-26-23(25-3)27-14-19/h4-5,10-11,13-14H,6-9,15H2,1-3H3,(H,25,26,27). The smallest absolute Gasteiger partial charge is 0.244 e. The number of amides is 1. The molecule has 0 saturated carbocycles. The predicted molar refractivity (Wildman–Crippen MR) is 122 cm³/mol.